The van der Waals surface area contributed by atoms with Gasteiger partial charge in [0.2, 0.25) is 5.54 Å². The van der Waals surface area contributed by atoms with Gasteiger partial charge in [0.1, 0.15) is 0 Å². The summed E-state index contributed by atoms with van der Waals surface area (Å²) in [6, 6.07) is 0. The lowest BCUT2D eigenvalue weighted by atomic mass is 9.89. The van der Waals surface area contributed by atoms with E-state index in [1.807, 2.05) is 0 Å². The fourth-order valence-corrected chi connectivity index (χ4v) is 1.14. The molecule has 0 aliphatic carbocycles. The smallest absolute Gasteiger partial charge is 0.417 e. The average Bonchev–Trinajstić information content (AvgIpc) is 1.99. The van der Waals surface area contributed by atoms with Crippen molar-refractivity contribution in [3.8, 4) is 0 Å². The molecule has 0 saturated heterocycles. The van der Waals surface area contributed by atoms with Gasteiger partial charge in [-0.2, -0.15) is 13.2 Å². The lowest BCUT2D eigenvalue weighted by Crippen LogP contribution is -2.60. The van der Waals surface area contributed by atoms with Gasteiger partial charge in [-0.1, -0.05) is 13.8 Å². The van der Waals surface area contributed by atoms with E-state index in [1.54, 1.807) is 13.8 Å². The van der Waals surface area contributed by atoms with Crippen LogP contribution >= 0.6 is 0 Å². The number of rotatable bonds is 3. The molecule has 6 heteroatoms. The predicted octanol–water partition coefficient (Wildman–Crippen LogP) is 1.47. The standard InChI is InChI=1S/C8H14F3NO2/c1-5(2)4-7(12,6(13)14-3)8(9,10)11/h5H,4,12H2,1-3H3. The Morgan fingerprint density at radius 1 is 1.43 bits per heavy atom. The Morgan fingerprint density at radius 2 is 1.86 bits per heavy atom. The molecule has 3 nitrogen and oxygen atoms in total. The molecule has 14 heavy (non-hydrogen) atoms. The number of alkyl halides is 3. The van der Waals surface area contributed by atoms with E-state index < -0.39 is 24.1 Å². The van der Waals surface area contributed by atoms with Gasteiger partial charge in [-0.25, -0.2) is 4.79 Å². The second-order valence-corrected chi connectivity index (χ2v) is 3.56. The minimum Gasteiger partial charge on any atom is -0.467 e. The first kappa shape index (κ1) is 13.2. The van der Waals surface area contributed by atoms with Crippen molar-refractivity contribution in [3.05, 3.63) is 0 Å². The normalized spacial score (nSPS) is 16.6. The van der Waals surface area contributed by atoms with Crippen LogP contribution in [0.2, 0.25) is 0 Å². The molecule has 0 radical (unpaired) electrons. The zero-order valence-corrected chi connectivity index (χ0v) is 8.31. The van der Waals surface area contributed by atoms with Crippen LogP contribution < -0.4 is 5.73 Å². The topological polar surface area (TPSA) is 52.3 Å². The van der Waals surface area contributed by atoms with Gasteiger partial charge >= 0.3 is 12.1 Å². The summed E-state index contributed by atoms with van der Waals surface area (Å²) in [5.74, 6) is -1.79. The summed E-state index contributed by atoms with van der Waals surface area (Å²) in [7, 11) is 0.885. The summed E-state index contributed by atoms with van der Waals surface area (Å²) >= 11 is 0. The number of halogens is 3. The molecule has 0 bridgehead atoms. The van der Waals surface area contributed by atoms with Crippen LogP contribution in [0.15, 0.2) is 0 Å². The van der Waals surface area contributed by atoms with Crippen molar-refractivity contribution in [2.75, 3.05) is 7.11 Å². The van der Waals surface area contributed by atoms with Crippen LogP contribution in [0.25, 0.3) is 0 Å². The molecule has 0 amide bonds. The quantitative estimate of drug-likeness (QED) is 0.722. The minimum absolute atomic E-state index is 0.347. The van der Waals surface area contributed by atoms with E-state index in [0.717, 1.165) is 7.11 Å². The van der Waals surface area contributed by atoms with Gasteiger partial charge < -0.3 is 10.5 Å². The van der Waals surface area contributed by atoms with Gasteiger partial charge in [0, 0.05) is 0 Å². The predicted molar refractivity (Wildman–Crippen MR) is 44.4 cm³/mol. The lowest BCUT2D eigenvalue weighted by molar-refractivity contribution is -0.207. The lowest BCUT2D eigenvalue weighted by Gasteiger charge is -2.30. The second kappa shape index (κ2) is 4.16. The van der Waals surface area contributed by atoms with E-state index in [4.69, 9.17) is 5.73 Å². The third kappa shape index (κ3) is 2.60. The number of nitrogens with two attached hydrogens (primary N) is 1. The summed E-state index contributed by atoms with van der Waals surface area (Å²) < 4.78 is 41.5. The van der Waals surface area contributed by atoms with E-state index >= 15 is 0 Å². The van der Waals surface area contributed by atoms with Crippen molar-refractivity contribution in [2.24, 2.45) is 11.7 Å². The molecule has 0 aliphatic rings. The molecule has 84 valence electrons. The van der Waals surface area contributed by atoms with E-state index in [2.05, 4.69) is 4.74 Å². The molecule has 2 N–H and O–H groups in total. The molecule has 0 heterocycles. The second-order valence-electron chi connectivity index (χ2n) is 3.56. The van der Waals surface area contributed by atoms with E-state index in [1.165, 1.54) is 0 Å². The highest BCUT2D eigenvalue weighted by Crippen LogP contribution is 2.34. The van der Waals surface area contributed by atoms with Crippen LogP contribution in [-0.2, 0) is 9.53 Å². The molecule has 0 aromatic rings. The number of hydrogen-bond donors (Lipinski definition) is 1. The van der Waals surface area contributed by atoms with E-state index in [9.17, 15) is 18.0 Å². The van der Waals surface area contributed by atoms with Crippen LogP contribution in [0.1, 0.15) is 20.3 Å². The molecular formula is C8H14F3NO2. The zero-order chi connectivity index (χ0) is 11.6. The highest BCUT2D eigenvalue weighted by molar-refractivity contribution is 5.81. The Balaban J connectivity index is 4.96. The first-order chi connectivity index (χ1) is 6.15. The Kier molecular flexibility index (Phi) is 3.93. The van der Waals surface area contributed by atoms with Gasteiger partial charge in [-0.3, -0.25) is 0 Å². The van der Waals surface area contributed by atoms with Gasteiger partial charge in [0.25, 0.3) is 0 Å². The first-order valence-corrected chi connectivity index (χ1v) is 4.09. The van der Waals surface area contributed by atoms with Crippen LogP contribution in [0, 0.1) is 5.92 Å². The largest absolute Gasteiger partial charge is 0.467 e. The summed E-state index contributed by atoms with van der Waals surface area (Å²) in [5, 5.41) is 0. The van der Waals surface area contributed by atoms with Crippen molar-refractivity contribution < 1.29 is 22.7 Å². The maximum absolute atomic E-state index is 12.5. The van der Waals surface area contributed by atoms with Crippen molar-refractivity contribution in [2.45, 2.75) is 32.0 Å². The summed E-state index contributed by atoms with van der Waals surface area (Å²) in [6.07, 6.45) is -5.27. The minimum atomic E-state index is -4.79. The highest BCUT2D eigenvalue weighted by Gasteiger charge is 2.58. The molecule has 0 aromatic heterocycles. The molecule has 1 atom stereocenters. The molecule has 0 fully saturated rings. The maximum atomic E-state index is 12.5. The third-order valence-electron chi connectivity index (χ3n) is 1.79. The molecule has 0 aliphatic heterocycles. The number of ether oxygens (including phenoxy) is 1. The summed E-state index contributed by atoms with van der Waals surface area (Å²) in [4.78, 5) is 10.9. The van der Waals surface area contributed by atoms with Gasteiger partial charge in [-0.05, 0) is 12.3 Å². The van der Waals surface area contributed by atoms with Crippen LogP contribution in [0.4, 0.5) is 13.2 Å². The highest BCUT2D eigenvalue weighted by atomic mass is 19.4. The Labute approximate surface area is 80.4 Å². The number of carbonyl (C=O) groups is 1. The fraction of sp³-hybridized carbons (Fsp3) is 0.875. The molecule has 1 unspecified atom stereocenters. The molecule has 0 aromatic carbocycles. The first-order valence-electron chi connectivity index (χ1n) is 4.09. The number of methoxy groups -OCH3 is 1. The van der Waals surface area contributed by atoms with E-state index in [-0.39, 0.29) is 5.92 Å². The summed E-state index contributed by atoms with van der Waals surface area (Å²) in [5.41, 5.74) is 2.14. The Hall–Kier alpha value is -0.780. The van der Waals surface area contributed by atoms with E-state index in [0.29, 0.717) is 0 Å². The number of esters is 1. The monoisotopic (exact) mass is 213 g/mol. The van der Waals surface area contributed by atoms with Crippen molar-refractivity contribution in [3.63, 3.8) is 0 Å². The van der Waals surface area contributed by atoms with Gasteiger partial charge in [0.15, 0.2) is 0 Å². The van der Waals surface area contributed by atoms with Crippen LogP contribution in [0.3, 0.4) is 0 Å². The molecular weight excluding hydrogens is 199 g/mol. The zero-order valence-electron chi connectivity index (χ0n) is 8.31. The SMILES string of the molecule is COC(=O)C(N)(CC(C)C)C(F)(F)F. The Bertz CT molecular complexity index is 215. The molecule has 0 rings (SSSR count). The molecule has 0 spiro atoms. The third-order valence-corrected chi connectivity index (χ3v) is 1.79. The summed E-state index contributed by atoms with van der Waals surface area (Å²) in [6.45, 7) is 3.10. The maximum Gasteiger partial charge on any atom is 0.417 e. The fourth-order valence-electron chi connectivity index (χ4n) is 1.14. The van der Waals surface area contributed by atoms with Crippen LogP contribution in [0.5, 0.6) is 0 Å². The Morgan fingerprint density at radius 3 is 2.07 bits per heavy atom. The van der Waals surface area contributed by atoms with Gasteiger partial charge in [-0.15, -0.1) is 0 Å². The number of hydrogen-bond acceptors (Lipinski definition) is 3. The molecule has 0 saturated carbocycles. The van der Waals surface area contributed by atoms with Crippen molar-refractivity contribution >= 4 is 5.97 Å². The number of carbonyl (C=O) groups excluding carboxylic acids is 1. The average molecular weight is 213 g/mol. The van der Waals surface area contributed by atoms with Crippen LogP contribution in [-0.4, -0.2) is 24.8 Å². The van der Waals surface area contributed by atoms with Crippen molar-refractivity contribution in [1.29, 1.82) is 0 Å². The van der Waals surface area contributed by atoms with Gasteiger partial charge in [0.05, 0.1) is 7.11 Å². The van der Waals surface area contributed by atoms with Crippen molar-refractivity contribution in [1.82, 2.24) is 0 Å².